The SMILES string of the molecule is C[C@H](OC(=O)c1ccc(N(C)C)c([N+](=O)[O-])c1)C(=O)Nc1ccc(Cl)cc1. The summed E-state index contributed by atoms with van der Waals surface area (Å²) >= 11 is 5.78. The van der Waals surface area contributed by atoms with E-state index in [1.165, 1.54) is 19.1 Å². The Bertz CT molecular complexity index is 868. The predicted octanol–water partition coefficient (Wildman–Crippen LogP) is 3.50. The number of nitrogens with one attached hydrogen (secondary N) is 1. The zero-order valence-corrected chi connectivity index (χ0v) is 15.7. The number of nitro benzene ring substituents is 1. The standard InChI is InChI=1S/C18H18ClN3O5/c1-11(17(23)20-14-7-5-13(19)6-8-14)27-18(24)12-4-9-15(21(2)3)16(10-12)22(25)26/h4-11H,1-3H3,(H,20,23)/t11-/m0/s1. The van der Waals surface area contributed by atoms with Crippen molar-refractivity contribution in [2.45, 2.75) is 13.0 Å². The first kappa shape index (κ1) is 20.2. The van der Waals surface area contributed by atoms with Gasteiger partial charge in [-0.25, -0.2) is 4.79 Å². The molecule has 0 aliphatic carbocycles. The molecule has 2 aromatic carbocycles. The predicted molar refractivity (Wildman–Crippen MR) is 102 cm³/mol. The number of nitro groups is 1. The third-order valence-electron chi connectivity index (χ3n) is 3.65. The molecule has 0 aliphatic heterocycles. The number of rotatable bonds is 6. The summed E-state index contributed by atoms with van der Waals surface area (Å²) in [4.78, 5) is 36.6. The maximum atomic E-state index is 12.3. The second-order valence-electron chi connectivity index (χ2n) is 5.90. The molecule has 0 radical (unpaired) electrons. The van der Waals surface area contributed by atoms with Crippen LogP contribution < -0.4 is 10.2 Å². The van der Waals surface area contributed by atoms with Gasteiger partial charge in [0.05, 0.1) is 10.5 Å². The Morgan fingerprint density at radius 1 is 1.19 bits per heavy atom. The summed E-state index contributed by atoms with van der Waals surface area (Å²) in [5.74, 6) is -1.37. The molecule has 9 heteroatoms. The Balaban J connectivity index is 2.09. The van der Waals surface area contributed by atoms with E-state index in [0.717, 1.165) is 6.07 Å². The summed E-state index contributed by atoms with van der Waals surface area (Å²) in [7, 11) is 3.31. The van der Waals surface area contributed by atoms with Crippen LogP contribution in [0.4, 0.5) is 17.1 Å². The normalized spacial score (nSPS) is 11.4. The van der Waals surface area contributed by atoms with Crippen molar-refractivity contribution in [1.29, 1.82) is 0 Å². The van der Waals surface area contributed by atoms with E-state index in [2.05, 4.69) is 5.32 Å². The molecule has 8 nitrogen and oxygen atoms in total. The number of anilines is 2. The van der Waals surface area contributed by atoms with Gasteiger partial charge in [-0.1, -0.05) is 11.6 Å². The van der Waals surface area contributed by atoms with E-state index in [1.54, 1.807) is 43.3 Å². The average molecular weight is 392 g/mol. The van der Waals surface area contributed by atoms with Crippen LogP contribution in [0.5, 0.6) is 0 Å². The van der Waals surface area contributed by atoms with Crippen LogP contribution in [0.3, 0.4) is 0 Å². The first-order valence-electron chi connectivity index (χ1n) is 7.92. The largest absolute Gasteiger partial charge is 0.449 e. The highest BCUT2D eigenvalue weighted by atomic mass is 35.5. The highest BCUT2D eigenvalue weighted by molar-refractivity contribution is 6.30. The van der Waals surface area contributed by atoms with Gasteiger partial charge < -0.3 is 15.0 Å². The Hall–Kier alpha value is -3.13. The number of benzene rings is 2. The number of carbonyl (C=O) groups excluding carboxylic acids is 2. The molecule has 27 heavy (non-hydrogen) atoms. The van der Waals surface area contributed by atoms with Crippen molar-refractivity contribution in [1.82, 2.24) is 0 Å². The molecular formula is C18H18ClN3O5. The van der Waals surface area contributed by atoms with Crippen LogP contribution in [0.15, 0.2) is 42.5 Å². The first-order chi connectivity index (χ1) is 12.7. The molecule has 1 amide bonds. The van der Waals surface area contributed by atoms with Crippen LogP contribution in [-0.2, 0) is 9.53 Å². The number of carbonyl (C=O) groups is 2. The van der Waals surface area contributed by atoms with Crippen molar-refractivity contribution in [3.05, 3.63) is 63.2 Å². The highest BCUT2D eigenvalue weighted by Gasteiger charge is 2.23. The van der Waals surface area contributed by atoms with Crippen molar-refractivity contribution < 1.29 is 19.2 Å². The van der Waals surface area contributed by atoms with Gasteiger partial charge in [-0.3, -0.25) is 14.9 Å². The molecule has 0 aliphatic rings. The molecule has 2 rings (SSSR count). The van der Waals surface area contributed by atoms with Gasteiger partial charge in [0.15, 0.2) is 6.10 Å². The lowest BCUT2D eigenvalue weighted by molar-refractivity contribution is -0.384. The number of nitrogens with zero attached hydrogens (tertiary/aromatic N) is 2. The van der Waals surface area contributed by atoms with Crippen molar-refractivity contribution in [3.8, 4) is 0 Å². The van der Waals surface area contributed by atoms with Gasteiger partial charge in [0.2, 0.25) is 0 Å². The van der Waals surface area contributed by atoms with E-state index in [-0.39, 0.29) is 11.3 Å². The van der Waals surface area contributed by atoms with Gasteiger partial charge in [-0.2, -0.15) is 0 Å². The Labute approximate surface area is 160 Å². The monoisotopic (exact) mass is 391 g/mol. The second kappa shape index (κ2) is 8.50. The van der Waals surface area contributed by atoms with Gasteiger partial charge >= 0.3 is 5.97 Å². The molecule has 0 fully saturated rings. The summed E-state index contributed by atoms with van der Waals surface area (Å²) < 4.78 is 5.12. The fraction of sp³-hybridized carbons (Fsp3) is 0.222. The minimum Gasteiger partial charge on any atom is -0.449 e. The first-order valence-corrected chi connectivity index (χ1v) is 8.30. The van der Waals surface area contributed by atoms with Crippen LogP contribution in [0.1, 0.15) is 17.3 Å². The van der Waals surface area contributed by atoms with Crippen molar-refractivity contribution >= 4 is 40.5 Å². The second-order valence-corrected chi connectivity index (χ2v) is 6.34. The van der Waals surface area contributed by atoms with Gasteiger partial charge in [0.1, 0.15) is 5.69 Å². The van der Waals surface area contributed by atoms with E-state index < -0.39 is 22.9 Å². The minimum absolute atomic E-state index is 0.0153. The number of amides is 1. The van der Waals surface area contributed by atoms with Gasteiger partial charge in [0.25, 0.3) is 11.6 Å². The van der Waals surface area contributed by atoms with Crippen LogP contribution >= 0.6 is 11.6 Å². The van der Waals surface area contributed by atoms with Gasteiger partial charge in [0, 0.05) is 30.9 Å². The van der Waals surface area contributed by atoms with E-state index in [1.807, 2.05) is 0 Å². The van der Waals surface area contributed by atoms with Crippen molar-refractivity contribution in [2.75, 3.05) is 24.3 Å². The minimum atomic E-state index is -1.10. The summed E-state index contributed by atoms with van der Waals surface area (Å²) in [6.07, 6.45) is -1.10. The maximum absolute atomic E-state index is 12.3. The van der Waals surface area contributed by atoms with Crippen molar-refractivity contribution in [3.63, 3.8) is 0 Å². The number of hydrogen-bond donors (Lipinski definition) is 1. The zero-order chi connectivity index (χ0) is 20.1. The zero-order valence-electron chi connectivity index (χ0n) is 14.9. The van der Waals surface area contributed by atoms with E-state index in [9.17, 15) is 19.7 Å². The quantitative estimate of drug-likeness (QED) is 0.459. The molecule has 1 N–H and O–H groups in total. The summed E-state index contributed by atoms with van der Waals surface area (Å²) in [5.41, 5.74) is 0.606. The topological polar surface area (TPSA) is 102 Å². The lowest BCUT2D eigenvalue weighted by Gasteiger charge is -2.15. The third kappa shape index (κ3) is 5.18. The summed E-state index contributed by atoms with van der Waals surface area (Å²) in [6, 6.07) is 10.4. The Kier molecular flexibility index (Phi) is 6.36. The van der Waals surface area contributed by atoms with E-state index in [0.29, 0.717) is 16.4 Å². The molecule has 0 heterocycles. The molecule has 0 spiro atoms. The summed E-state index contributed by atoms with van der Waals surface area (Å²) in [5, 5.41) is 14.3. The lowest BCUT2D eigenvalue weighted by Crippen LogP contribution is -2.30. The van der Waals surface area contributed by atoms with Crippen molar-refractivity contribution in [2.24, 2.45) is 0 Å². The smallest absolute Gasteiger partial charge is 0.339 e. The van der Waals surface area contributed by atoms with E-state index in [4.69, 9.17) is 16.3 Å². The maximum Gasteiger partial charge on any atom is 0.339 e. The Morgan fingerprint density at radius 3 is 2.37 bits per heavy atom. The molecular weight excluding hydrogens is 374 g/mol. The van der Waals surface area contributed by atoms with Gasteiger partial charge in [-0.05, 0) is 43.3 Å². The molecule has 0 saturated carbocycles. The van der Waals surface area contributed by atoms with Crippen LogP contribution in [0.25, 0.3) is 0 Å². The molecule has 142 valence electrons. The lowest BCUT2D eigenvalue weighted by atomic mass is 10.1. The van der Waals surface area contributed by atoms with E-state index >= 15 is 0 Å². The fourth-order valence-corrected chi connectivity index (χ4v) is 2.36. The number of hydrogen-bond acceptors (Lipinski definition) is 6. The highest BCUT2D eigenvalue weighted by Crippen LogP contribution is 2.28. The molecule has 0 saturated heterocycles. The number of ether oxygens (including phenoxy) is 1. The molecule has 0 aromatic heterocycles. The Morgan fingerprint density at radius 2 is 1.81 bits per heavy atom. The van der Waals surface area contributed by atoms with Crippen LogP contribution in [0, 0.1) is 10.1 Å². The van der Waals surface area contributed by atoms with Crippen LogP contribution in [-0.4, -0.2) is 37.0 Å². The number of halogens is 1. The molecule has 1 atom stereocenters. The molecule has 2 aromatic rings. The van der Waals surface area contributed by atoms with Gasteiger partial charge in [-0.15, -0.1) is 0 Å². The fourth-order valence-electron chi connectivity index (χ4n) is 2.23. The number of esters is 1. The van der Waals surface area contributed by atoms with Crippen LogP contribution in [0.2, 0.25) is 5.02 Å². The summed E-state index contributed by atoms with van der Waals surface area (Å²) in [6.45, 7) is 1.41. The molecule has 0 unspecified atom stereocenters. The molecule has 0 bridgehead atoms. The average Bonchev–Trinajstić information content (AvgIpc) is 2.62. The third-order valence-corrected chi connectivity index (χ3v) is 3.91.